The largest absolute Gasteiger partial charge is 0.478 e. The zero-order valence-corrected chi connectivity index (χ0v) is 10.9. The number of aromatic nitrogens is 2. The van der Waals surface area contributed by atoms with Crippen molar-refractivity contribution in [1.82, 2.24) is 9.97 Å². The van der Waals surface area contributed by atoms with Crippen LogP contribution in [-0.4, -0.2) is 27.3 Å². The summed E-state index contributed by atoms with van der Waals surface area (Å²) in [5.41, 5.74) is 3.44. The molecule has 0 amide bonds. The Bertz CT molecular complexity index is 761. The summed E-state index contributed by atoms with van der Waals surface area (Å²) in [5, 5.41) is 12.6. The first-order valence-corrected chi connectivity index (χ1v) is 5.91. The summed E-state index contributed by atoms with van der Waals surface area (Å²) in [6.07, 6.45) is 2.77. The number of carboxylic acids is 1. The first-order valence-electron chi connectivity index (χ1n) is 5.51. The second kappa shape index (κ2) is 5.93. The van der Waals surface area contributed by atoms with E-state index in [1.54, 1.807) is 12.1 Å². The number of aromatic carboxylic acids is 1. The van der Waals surface area contributed by atoms with Crippen molar-refractivity contribution in [2.45, 2.75) is 0 Å². The summed E-state index contributed by atoms with van der Waals surface area (Å²) >= 11 is 4.76. The number of hydrogen-bond donors (Lipinski definition) is 4. The van der Waals surface area contributed by atoms with Gasteiger partial charge in [-0.15, -0.1) is 0 Å². The van der Waals surface area contributed by atoms with Crippen molar-refractivity contribution in [3.63, 3.8) is 0 Å². The first-order chi connectivity index (χ1) is 9.56. The molecule has 102 valence electrons. The van der Waals surface area contributed by atoms with Gasteiger partial charge in [0.25, 0.3) is 5.56 Å². The van der Waals surface area contributed by atoms with Gasteiger partial charge in [0.05, 0.1) is 23.0 Å². The Morgan fingerprint density at radius 3 is 2.65 bits per heavy atom. The van der Waals surface area contributed by atoms with Gasteiger partial charge < -0.3 is 10.1 Å². The third kappa shape index (κ3) is 3.39. The Kier molecular flexibility index (Phi) is 4.06. The lowest BCUT2D eigenvalue weighted by molar-refractivity contribution is 0.0697. The van der Waals surface area contributed by atoms with E-state index >= 15 is 0 Å². The summed E-state index contributed by atoms with van der Waals surface area (Å²) in [6, 6.07) is 6.05. The topological polar surface area (TPSA) is 110 Å². The van der Waals surface area contributed by atoms with Gasteiger partial charge in [0.15, 0.2) is 4.77 Å². The molecule has 1 aromatic carbocycles. The van der Waals surface area contributed by atoms with Gasteiger partial charge in [-0.2, -0.15) is 5.10 Å². The minimum atomic E-state index is -0.994. The molecule has 0 radical (unpaired) electrons. The number of carboxylic acid groups (broad SMARTS) is 1. The lowest BCUT2D eigenvalue weighted by Crippen LogP contribution is -2.13. The van der Waals surface area contributed by atoms with E-state index in [-0.39, 0.29) is 15.9 Å². The number of aromatic amines is 2. The molecule has 0 bridgehead atoms. The monoisotopic (exact) mass is 290 g/mol. The molecule has 0 saturated heterocycles. The number of anilines is 1. The molecule has 1 heterocycles. The van der Waals surface area contributed by atoms with Gasteiger partial charge in [-0.3, -0.25) is 15.2 Å². The quantitative estimate of drug-likeness (QED) is 0.388. The van der Waals surface area contributed by atoms with Crippen LogP contribution < -0.4 is 11.0 Å². The summed E-state index contributed by atoms with van der Waals surface area (Å²) in [4.78, 5) is 27.3. The molecule has 0 aliphatic rings. The van der Waals surface area contributed by atoms with Crippen LogP contribution in [0.4, 0.5) is 5.69 Å². The molecule has 1 aromatic heterocycles. The van der Waals surface area contributed by atoms with Crippen molar-refractivity contribution < 1.29 is 9.90 Å². The Hall–Kier alpha value is -2.74. The van der Waals surface area contributed by atoms with E-state index in [2.05, 4.69) is 20.5 Å². The van der Waals surface area contributed by atoms with Crippen LogP contribution in [0.5, 0.6) is 0 Å². The van der Waals surface area contributed by atoms with E-state index in [4.69, 9.17) is 17.3 Å². The molecule has 0 fully saturated rings. The maximum atomic E-state index is 11.5. The van der Waals surface area contributed by atoms with Crippen LogP contribution in [0.1, 0.15) is 15.9 Å². The first kappa shape index (κ1) is 13.7. The molecule has 2 aromatic rings. The normalized spacial score (nSPS) is 10.6. The van der Waals surface area contributed by atoms with Gasteiger partial charge in [0.1, 0.15) is 0 Å². The van der Waals surface area contributed by atoms with Crippen molar-refractivity contribution in [2.75, 3.05) is 5.43 Å². The van der Waals surface area contributed by atoms with Crippen LogP contribution in [0.25, 0.3) is 0 Å². The van der Waals surface area contributed by atoms with Crippen LogP contribution >= 0.6 is 12.2 Å². The minimum Gasteiger partial charge on any atom is -0.478 e. The van der Waals surface area contributed by atoms with Gasteiger partial charge in [-0.05, 0) is 36.5 Å². The number of benzene rings is 1. The number of nitrogens with zero attached hydrogens (tertiary/aromatic N) is 1. The third-order valence-electron chi connectivity index (χ3n) is 2.38. The summed E-state index contributed by atoms with van der Waals surface area (Å²) in [6.45, 7) is 0. The number of hydrazone groups is 1. The van der Waals surface area contributed by atoms with E-state index in [0.717, 1.165) is 0 Å². The van der Waals surface area contributed by atoms with Gasteiger partial charge >= 0.3 is 5.97 Å². The fourth-order valence-corrected chi connectivity index (χ4v) is 1.53. The second-order valence-corrected chi connectivity index (χ2v) is 4.19. The van der Waals surface area contributed by atoms with E-state index in [9.17, 15) is 9.59 Å². The number of carbonyl (C=O) groups is 1. The molecule has 0 spiro atoms. The molecule has 0 aliphatic heterocycles. The molecule has 20 heavy (non-hydrogen) atoms. The average Bonchev–Trinajstić information content (AvgIpc) is 2.42. The van der Waals surface area contributed by atoms with E-state index in [1.807, 2.05) is 0 Å². The van der Waals surface area contributed by atoms with Crippen molar-refractivity contribution in [3.05, 3.63) is 56.7 Å². The van der Waals surface area contributed by atoms with Gasteiger partial charge in [0, 0.05) is 6.20 Å². The van der Waals surface area contributed by atoms with Crippen molar-refractivity contribution >= 4 is 30.1 Å². The standard InChI is InChI=1S/C12H10N4O3S/c17-10-8(5-13-12(20)15-10)6-14-16-9-3-1-7(2-4-9)11(18)19/h1-6,16H,(H,18,19)(H2,13,15,17,20). The van der Waals surface area contributed by atoms with Gasteiger partial charge in [0.2, 0.25) is 0 Å². The Labute approximate surface area is 118 Å². The Balaban J connectivity index is 2.08. The van der Waals surface area contributed by atoms with Crippen molar-refractivity contribution in [3.8, 4) is 0 Å². The average molecular weight is 290 g/mol. The van der Waals surface area contributed by atoms with E-state index in [0.29, 0.717) is 11.3 Å². The zero-order valence-electron chi connectivity index (χ0n) is 10.1. The van der Waals surface area contributed by atoms with Gasteiger partial charge in [-0.1, -0.05) is 0 Å². The smallest absolute Gasteiger partial charge is 0.335 e. The predicted molar refractivity (Wildman–Crippen MR) is 76.9 cm³/mol. The van der Waals surface area contributed by atoms with Crippen LogP contribution in [0.3, 0.4) is 0 Å². The fourth-order valence-electron chi connectivity index (χ4n) is 1.38. The van der Waals surface area contributed by atoms with Crippen LogP contribution in [0.2, 0.25) is 0 Å². The van der Waals surface area contributed by atoms with Gasteiger partial charge in [-0.25, -0.2) is 4.79 Å². The highest BCUT2D eigenvalue weighted by molar-refractivity contribution is 7.71. The SMILES string of the molecule is O=C(O)c1ccc(NN=Cc2c[nH]c(=S)[nH]c2=O)cc1. The second-order valence-electron chi connectivity index (χ2n) is 3.78. The predicted octanol–water partition coefficient (Wildman–Crippen LogP) is 1.58. The molecule has 2 rings (SSSR count). The fraction of sp³-hybridized carbons (Fsp3) is 0. The number of hydrogen-bond acceptors (Lipinski definition) is 5. The van der Waals surface area contributed by atoms with E-state index < -0.39 is 5.97 Å². The highest BCUT2D eigenvalue weighted by Gasteiger charge is 2.00. The van der Waals surface area contributed by atoms with Crippen molar-refractivity contribution in [1.29, 1.82) is 0 Å². The highest BCUT2D eigenvalue weighted by Crippen LogP contribution is 2.09. The molecular formula is C12H10N4O3S. The minimum absolute atomic E-state index is 0.187. The molecule has 4 N–H and O–H groups in total. The van der Waals surface area contributed by atoms with Crippen LogP contribution in [-0.2, 0) is 0 Å². The lowest BCUT2D eigenvalue weighted by Gasteiger charge is -2.00. The Morgan fingerprint density at radius 2 is 2.05 bits per heavy atom. The molecule has 0 atom stereocenters. The molecule has 8 heteroatoms. The molecule has 0 unspecified atom stereocenters. The highest BCUT2D eigenvalue weighted by atomic mass is 32.1. The third-order valence-corrected chi connectivity index (χ3v) is 2.60. The summed E-state index contributed by atoms with van der Waals surface area (Å²) < 4.78 is 0.240. The lowest BCUT2D eigenvalue weighted by atomic mass is 10.2. The maximum absolute atomic E-state index is 11.5. The summed E-state index contributed by atoms with van der Waals surface area (Å²) in [7, 11) is 0. The van der Waals surface area contributed by atoms with Crippen molar-refractivity contribution in [2.24, 2.45) is 5.10 Å². The van der Waals surface area contributed by atoms with Crippen LogP contribution in [0.15, 0.2) is 40.4 Å². The van der Waals surface area contributed by atoms with E-state index in [1.165, 1.54) is 24.5 Å². The molecule has 7 nitrogen and oxygen atoms in total. The van der Waals surface area contributed by atoms with Crippen LogP contribution in [0, 0.1) is 4.77 Å². The molecule has 0 aliphatic carbocycles. The molecule has 0 saturated carbocycles. The number of nitrogens with one attached hydrogen (secondary N) is 3. The number of H-pyrrole nitrogens is 2. The maximum Gasteiger partial charge on any atom is 0.335 e. The molecular weight excluding hydrogens is 280 g/mol. The number of rotatable bonds is 4. The Morgan fingerprint density at radius 1 is 1.35 bits per heavy atom. The zero-order chi connectivity index (χ0) is 14.5. The summed E-state index contributed by atoms with van der Waals surface area (Å²) in [5.74, 6) is -0.994.